The molecule has 1 unspecified atom stereocenters. The first-order valence-corrected chi connectivity index (χ1v) is 6.06. The number of aromatic nitrogens is 2. The Hall–Kier alpha value is -1.39. The Morgan fingerprint density at radius 2 is 2.41 bits per heavy atom. The van der Waals surface area contributed by atoms with Crippen LogP contribution in [-0.4, -0.2) is 16.2 Å². The van der Waals surface area contributed by atoms with Crippen LogP contribution in [0.3, 0.4) is 0 Å². The number of rotatable bonds is 2. The molecule has 2 aromatic rings. The van der Waals surface area contributed by atoms with Gasteiger partial charge in [0.05, 0.1) is 11.0 Å². The molecule has 1 aliphatic rings. The van der Waals surface area contributed by atoms with Crippen molar-refractivity contribution < 1.29 is 4.74 Å². The van der Waals surface area contributed by atoms with Crippen LogP contribution < -0.4 is 5.73 Å². The second kappa shape index (κ2) is 4.13. The normalized spacial score (nSPS) is 20.2. The molecule has 0 bridgehead atoms. The summed E-state index contributed by atoms with van der Waals surface area (Å²) in [6, 6.07) is 6.21. The summed E-state index contributed by atoms with van der Waals surface area (Å²) in [5.41, 5.74) is 8.93. The van der Waals surface area contributed by atoms with E-state index in [9.17, 15) is 0 Å². The smallest absolute Gasteiger partial charge is 0.138 e. The standard InChI is InChI=1S/C13H17N3O/c1-16-11-5-4-9(8-14)7-10(11)15-13(16)12-3-2-6-17-12/h4-5,7,12H,2-3,6,8,14H2,1H3. The monoisotopic (exact) mass is 231 g/mol. The van der Waals surface area contributed by atoms with Crippen LogP contribution in [0.15, 0.2) is 18.2 Å². The van der Waals surface area contributed by atoms with E-state index >= 15 is 0 Å². The number of nitrogens with zero attached hydrogens (tertiary/aromatic N) is 2. The van der Waals surface area contributed by atoms with Gasteiger partial charge in [0.2, 0.25) is 0 Å². The van der Waals surface area contributed by atoms with Crippen molar-refractivity contribution in [3.05, 3.63) is 29.6 Å². The zero-order chi connectivity index (χ0) is 11.8. The molecule has 4 nitrogen and oxygen atoms in total. The number of imidazole rings is 1. The van der Waals surface area contributed by atoms with Gasteiger partial charge in [-0.25, -0.2) is 4.98 Å². The maximum Gasteiger partial charge on any atom is 0.138 e. The molecule has 0 amide bonds. The van der Waals surface area contributed by atoms with Gasteiger partial charge in [-0.05, 0) is 30.5 Å². The van der Waals surface area contributed by atoms with Crippen LogP contribution >= 0.6 is 0 Å². The second-order valence-electron chi connectivity index (χ2n) is 4.56. The summed E-state index contributed by atoms with van der Waals surface area (Å²) in [5, 5.41) is 0. The predicted octanol–water partition coefficient (Wildman–Crippen LogP) is 1.88. The third-order valence-corrected chi connectivity index (χ3v) is 3.43. The van der Waals surface area contributed by atoms with Gasteiger partial charge < -0.3 is 15.0 Å². The molecule has 17 heavy (non-hydrogen) atoms. The van der Waals surface area contributed by atoms with Gasteiger partial charge in [-0.15, -0.1) is 0 Å². The molecule has 1 aromatic heterocycles. The Bertz CT molecular complexity index is 541. The fourth-order valence-electron chi connectivity index (χ4n) is 2.46. The van der Waals surface area contributed by atoms with Gasteiger partial charge in [-0.2, -0.15) is 0 Å². The topological polar surface area (TPSA) is 53.1 Å². The summed E-state index contributed by atoms with van der Waals surface area (Å²) in [7, 11) is 2.05. The van der Waals surface area contributed by atoms with E-state index in [0.717, 1.165) is 41.9 Å². The largest absolute Gasteiger partial charge is 0.370 e. The van der Waals surface area contributed by atoms with Crippen LogP contribution in [0.25, 0.3) is 11.0 Å². The number of hydrogen-bond acceptors (Lipinski definition) is 3. The van der Waals surface area contributed by atoms with Crippen molar-refractivity contribution in [1.82, 2.24) is 9.55 Å². The summed E-state index contributed by atoms with van der Waals surface area (Å²) in [4.78, 5) is 4.69. The second-order valence-corrected chi connectivity index (χ2v) is 4.56. The number of benzene rings is 1. The molecule has 0 spiro atoms. The van der Waals surface area contributed by atoms with Gasteiger partial charge in [0, 0.05) is 20.2 Å². The van der Waals surface area contributed by atoms with E-state index in [4.69, 9.17) is 10.5 Å². The molecule has 4 heteroatoms. The fourth-order valence-corrected chi connectivity index (χ4v) is 2.46. The van der Waals surface area contributed by atoms with Gasteiger partial charge >= 0.3 is 0 Å². The van der Waals surface area contributed by atoms with Crippen LogP contribution in [0.5, 0.6) is 0 Å². The van der Waals surface area contributed by atoms with Crippen molar-refractivity contribution in [3.63, 3.8) is 0 Å². The zero-order valence-corrected chi connectivity index (χ0v) is 10.0. The van der Waals surface area contributed by atoms with Crippen molar-refractivity contribution in [2.24, 2.45) is 12.8 Å². The highest BCUT2D eigenvalue weighted by atomic mass is 16.5. The lowest BCUT2D eigenvalue weighted by atomic mass is 10.2. The van der Waals surface area contributed by atoms with Crippen LogP contribution in [0.4, 0.5) is 0 Å². The quantitative estimate of drug-likeness (QED) is 0.858. The molecular weight excluding hydrogens is 214 g/mol. The first-order chi connectivity index (χ1) is 8.29. The minimum absolute atomic E-state index is 0.161. The van der Waals surface area contributed by atoms with Gasteiger partial charge in [0.1, 0.15) is 11.9 Å². The molecule has 2 heterocycles. The molecule has 1 fully saturated rings. The van der Waals surface area contributed by atoms with E-state index in [0.29, 0.717) is 6.54 Å². The minimum atomic E-state index is 0.161. The Labute approximate surface area is 100 Å². The van der Waals surface area contributed by atoms with Crippen LogP contribution in [0.2, 0.25) is 0 Å². The third kappa shape index (κ3) is 1.73. The van der Waals surface area contributed by atoms with Crippen molar-refractivity contribution in [3.8, 4) is 0 Å². The number of fused-ring (bicyclic) bond motifs is 1. The van der Waals surface area contributed by atoms with Gasteiger partial charge in [-0.1, -0.05) is 6.07 Å². The summed E-state index contributed by atoms with van der Waals surface area (Å²) < 4.78 is 7.83. The Balaban J connectivity index is 2.10. The van der Waals surface area contributed by atoms with Crippen molar-refractivity contribution in [1.29, 1.82) is 0 Å². The highest BCUT2D eigenvalue weighted by Crippen LogP contribution is 2.29. The summed E-state index contributed by atoms with van der Waals surface area (Å²) in [6.45, 7) is 1.41. The van der Waals surface area contributed by atoms with Gasteiger partial charge in [0.15, 0.2) is 0 Å². The number of ether oxygens (including phenoxy) is 1. The lowest BCUT2D eigenvalue weighted by Gasteiger charge is -2.08. The molecule has 2 N–H and O–H groups in total. The zero-order valence-electron chi connectivity index (χ0n) is 10.0. The predicted molar refractivity (Wildman–Crippen MR) is 66.5 cm³/mol. The Morgan fingerprint density at radius 3 is 3.12 bits per heavy atom. The van der Waals surface area contributed by atoms with Crippen LogP contribution in [-0.2, 0) is 18.3 Å². The number of hydrogen-bond donors (Lipinski definition) is 1. The van der Waals surface area contributed by atoms with E-state index in [-0.39, 0.29) is 6.10 Å². The van der Waals surface area contributed by atoms with E-state index in [1.54, 1.807) is 0 Å². The lowest BCUT2D eigenvalue weighted by Crippen LogP contribution is -2.04. The number of nitrogens with two attached hydrogens (primary N) is 1. The lowest BCUT2D eigenvalue weighted by molar-refractivity contribution is 0.103. The molecular formula is C13H17N3O. The molecule has 1 atom stereocenters. The van der Waals surface area contributed by atoms with Crippen molar-refractivity contribution in [2.75, 3.05) is 6.61 Å². The molecule has 0 radical (unpaired) electrons. The molecule has 1 saturated heterocycles. The maximum atomic E-state index is 5.70. The van der Waals surface area contributed by atoms with E-state index in [2.05, 4.69) is 34.8 Å². The average molecular weight is 231 g/mol. The van der Waals surface area contributed by atoms with Gasteiger partial charge in [-0.3, -0.25) is 0 Å². The Morgan fingerprint density at radius 1 is 1.53 bits per heavy atom. The van der Waals surface area contributed by atoms with E-state index in [1.165, 1.54) is 0 Å². The van der Waals surface area contributed by atoms with Crippen molar-refractivity contribution >= 4 is 11.0 Å². The fraction of sp³-hybridized carbons (Fsp3) is 0.462. The summed E-state index contributed by atoms with van der Waals surface area (Å²) >= 11 is 0. The summed E-state index contributed by atoms with van der Waals surface area (Å²) in [5.74, 6) is 1.03. The molecule has 3 rings (SSSR count). The molecule has 90 valence electrons. The maximum absolute atomic E-state index is 5.70. The van der Waals surface area contributed by atoms with E-state index < -0.39 is 0 Å². The molecule has 1 aromatic carbocycles. The SMILES string of the molecule is Cn1c(C2CCCO2)nc2cc(CN)ccc21. The van der Waals surface area contributed by atoms with Crippen molar-refractivity contribution in [2.45, 2.75) is 25.5 Å². The van der Waals surface area contributed by atoms with E-state index in [1.807, 2.05) is 0 Å². The molecule has 1 aliphatic heterocycles. The molecule has 0 aliphatic carbocycles. The summed E-state index contributed by atoms with van der Waals surface area (Å²) in [6.07, 6.45) is 2.36. The first kappa shape index (κ1) is 10.7. The highest BCUT2D eigenvalue weighted by Gasteiger charge is 2.23. The number of aryl methyl sites for hydroxylation is 1. The van der Waals surface area contributed by atoms with Gasteiger partial charge in [0.25, 0.3) is 0 Å². The first-order valence-electron chi connectivity index (χ1n) is 6.06. The van der Waals surface area contributed by atoms with Crippen LogP contribution in [0.1, 0.15) is 30.3 Å². The highest BCUT2D eigenvalue weighted by molar-refractivity contribution is 5.76. The Kier molecular flexibility index (Phi) is 2.61. The van der Waals surface area contributed by atoms with Crippen LogP contribution in [0, 0.1) is 0 Å². The minimum Gasteiger partial charge on any atom is -0.370 e. The molecule has 0 saturated carbocycles. The third-order valence-electron chi connectivity index (χ3n) is 3.43. The average Bonchev–Trinajstić information content (AvgIpc) is 2.97.